The Morgan fingerprint density at radius 1 is 0.923 bits per heavy atom. The molecule has 5 heteroatoms. The van der Waals surface area contributed by atoms with E-state index in [0.29, 0.717) is 0 Å². The van der Waals surface area contributed by atoms with E-state index >= 15 is 0 Å². The van der Waals surface area contributed by atoms with E-state index in [1.165, 1.54) is 6.08 Å². The van der Waals surface area contributed by atoms with Gasteiger partial charge >= 0.3 is 0 Å². The molecule has 1 N–H and O–H groups in total. The maximum absolute atomic E-state index is 11.7. The van der Waals surface area contributed by atoms with Crippen LogP contribution in [0.4, 0.5) is 0 Å². The Kier molecular flexibility index (Phi) is 6.35. The fraction of sp³-hybridized carbons (Fsp3) is 0.294. The number of fused-ring (bicyclic) bond motifs is 4. The van der Waals surface area contributed by atoms with Gasteiger partial charge in [0.25, 0.3) is 0 Å². The monoisotopic (exact) mass is 711 g/mol. The second-order valence-corrected chi connectivity index (χ2v) is 8.71. The summed E-state index contributed by atoms with van der Waals surface area (Å²) in [4.78, 5) is 15.8. The minimum Gasteiger partial charge on any atom is -0.512 e. The largest absolute Gasteiger partial charge is 0.512 e. The quantitative estimate of drug-likeness (QED) is 0.0991. The van der Waals surface area contributed by atoms with Crippen molar-refractivity contribution in [1.82, 2.24) is 4.98 Å². The number of benzene rings is 3. The van der Waals surface area contributed by atoms with Gasteiger partial charge in [-0.05, 0) is 55.6 Å². The van der Waals surface area contributed by atoms with E-state index in [1.807, 2.05) is 27.7 Å². The van der Waals surface area contributed by atoms with Crippen LogP contribution in [0.2, 0.25) is 0 Å². The van der Waals surface area contributed by atoms with Crippen LogP contribution in [-0.2, 0) is 24.9 Å². The molecular formula is C34H36IrNO3-. The fourth-order valence-electron chi connectivity index (χ4n) is 4.24. The molecule has 0 fully saturated rings. The average Bonchev–Trinajstić information content (AvgIpc) is 3.49. The van der Waals surface area contributed by atoms with Gasteiger partial charge in [0.1, 0.15) is 5.58 Å². The zero-order valence-electron chi connectivity index (χ0n) is 34.1. The molecule has 39 heavy (non-hydrogen) atoms. The van der Waals surface area contributed by atoms with E-state index in [2.05, 4.69) is 11.1 Å². The van der Waals surface area contributed by atoms with Crippen LogP contribution in [0.1, 0.15) is 69.8 Å². The van der Waals surface area contributed by atoms with Crippen LogP contribution in [0.5, 0.6) is 0 Å². The molecule has 0 amide bonds. The predicted molar refractivity (Wildman–Crippen MR) is 157 cm³/mol. The zero-order valence-corrected chi connectivity index (χ0v) is 24.5. The van der Waals surface area contributed by atoms with Crippen LogP contribution < -0.4 is 0 Å². The maximum Gasteiger partial charge on any atom is 0.162 e. The molecule has 4 nitrogen and oxygen atoms in total. The first-order chi connectivity index (χ1) is 23.5. The summed E-state index contributed by atoms with van der Waals surface area (Å²) in [6.07, 6.45) is 4.30. The van der Waals surface area contributed by atoms with Crippen molar-refractivity contribution in [2.24, 2.45) is 11.8 Å². The van der Waals surface area contributed by atoms with Crippen molar-refractivity contribution in [3.8, 4) is 11.3 Å². The predicted octanol–water partition coefficient (Wildman–Crippen LogP) is 9.47. The third-order valence-electron chi connectivity index (χ3n) is 6.53. The Labute approximate surface area is 261 Å². The van der Waals surface area contributed by atoms with E-state index < -0.39 is 72.6 Å². The molecule has 1 radical (unpaired) electrons. The van der Waals surface area contributed by atoms with Gasteiger partial charge in [-0.1, -0.05) is 80.9 Å². The van der Waals surface area contributed by atoms with Gasteiger partial charge in [-0.3, -0.25) is 4.79 Å². The summed E-state index contributed by atoms with van der Waals surface area (Å²) < 4.78 is 104. The van der Waals surface area contributed by atoms with Crippen molar-refractivity contribution >= 4 is 38.5 Å². The van der Waals surface area contributed by atoms with Crippen molar-refractivity contribution in [3.63, 3.8) is 0 Å². The summed E-state index contributed by atoms with van der Waals surface area (Å²) in [7, 11) is 0. The van der Waals surface area contributed by atoms with Gasteiger partial charge in [-0.15, -0.1) is 18.2 Å². The summed E-state index contributed by atoms with van der Waals surface area (Å²) >= 11 is 0. The molecule has 2 aromatic heterocycles. The third kappa shape index (κ3) is 6.66. The number of ketones is 1. The molecule has 0 atom stereocenters. The number of furan rings is 1. The second kappa shape index (κ2) is 14.2. The summed E-state index contributed by atoms with van der Waals surface area (Å²) in [5.41, 5.74) is -0.890. The van der Waals surface area contributed by atoms with Gasteiger partial charge < -0.3 is 14.5 Å². The van der Waals surface area contributed by atoms with Crippen LogP contribution in [0.25, 0.3) is 44.0 Å². The van der Waals surface area contributed by atoms with Crippen LogP contribution in [0.3, 0.4) is 0 Å². The molecule has 0 saturated heterocycles. The Morgan fingerprint density at radius 2 is 1.56 bits per heavy atom. The summed E-state index contributed by atoms with van der Waals surface area (Å²) in [6, 6.07) is -3.25. The molecule has 0 spiro atoms. The van der Waals surface area contributed by atoms with Crippen molar-refractivity contribution in [1.29, 1.82) is 0 Å². The van der Waals surface area contributed by atoms with Gasteiger partial charge in [0.15, 0.2) is 5.78 Å². The van der Waals surface area contributed by atoms with Crippen molar-refractivity contribution in [2.75, 3.05) is 0 Å². The number of rotatable bonds is 8. The number of aliphatic hydroxyl groups is 1. The molecule has 3 aromatic carbocycles. The third-order valence-corrected chi connectivity index (χ3v) is 6.53. The molecule has 0 saturated carbocycles. The minimum atomic E-state index is -0.610. The van der Waals surface area contributed by atoms with Crippen molar-refractivity contribution in [3.05, 3.63) is 90.5 Å². The number of para-hydroxylation sites is 1. The molecule has 0 bridgehead atoms. The number of carbonyl (C=O) groups excluding carboxylic acids is 1. The number of hydrogen-bond donors (Lipinski definition) is 1. The standard InChI is InChI=1S/C21H12NO.C13H24O2.Ir/c1-2-7-15-14(6-1)12-13-22-20(15)18-10-5-9-17-16-8-3-4-11-19(16)23-21(17)18;1-5-10(6-2)12(14)9-13(15)11(7-3)8-4;/h1-9,11-13H;9-11,14H,5-8H2,1-4H3;/q-1;;/b;12-9-;/i1D,2D,3D,4D,5D,6D,7D,8D,9D,11D,12D,13D;;. The first-order valence-electron chi connectivity index (χ1n) is 18.6. The smallest absolute Gasteiger partial charge is 0.162 e. The topological polar surface area (TPSA) is 63.3 Å². The second-order valence-electron chi connectivity index (χ2n) is 8.71. The number of pyridine rings is 1. The molecule has 0 unspecified atom stereocenters. The molecule has 205 valence electrons. The van der Waals surface area contributed by atoms with Gasteiger partial charge in [-0.25, -0.2) is 0 Å². The van der Waals surface area contributed by atoms with Crippen LogP contribution in [-0.4, -0.2) is 15.9 Å². The van der Waals surface area contributed by atoms with Crippen LogP contribution >= 0.6 is 0 Å². The normalized spacial score (nSPS) is 15.9. The summed E-state index contributed by atoms with van der Waals surface area (Å²) in [5.74, 6) is 0.547. The Bertz CT molecular complexity index is 2190. The molecule has 0 aliphatic rings. The Balaban J connectivity index is 0.000000374. The molecular weight excluding hydrogens is 663 g/mol. The molecule has 5 rings (SSSR count). The van der Waals surface area contributed by atoms with E-state index in [1.54, 1.807) is 0 Å². The number of aromatic nitrogens is 1. The summed E-state index contributed by atoms with van der Waals surface area (Å²) in [6.45, 7) is 8.07. The van der Waals surface area contributed by atoms with Gasteiger partial charge in [-0.2, -0.15) is 0 Å². The molecule has 0 aliphatic carbocycles. The Hall–Kier alpha value is -3.27. The minimum absolute atomic E-state index is 0. The average molecular weight is 711 g/mol. The van der Waals surface area contributed by atoms with Crippen molar-refractivity contribution < 1.29 is 50.9 Å². The van der Waals surface area contributed by atoms with Gasteiger partial charge in [0.2, 0.25) is 0 Å². The SMILES string of the molecule is CCC(CC)C(=O)/C=C(\O)C(CC)CC.[2H]c1[c-]c(-c2nc([2H])c([2H])c3c([2H])c([2H])c([2H])c([2H])c23)c2oc3c([2H])c([2H])c([2H])c([2H])c3c2c1[2H].[Ir]. The number of nitrogens with zero attached hydrogens (tertiary/aromatic N) is 1. The first kappa shape index (κ1) is 17.4. The van der Waals surface area contributed by atoms with Crippen LogP contribution in [0, 0.1) is 17.9 Å². The van der Waals surface area contributed by atoms with E-state index in [9.17, 15) is 9.90 Å². The van der Waals surface area contributed by atoms with Crippen molar-refractivity contribution in [2.45, 2.75) is 53.4 Å². The Morgan fingerprint density at radius 3 is 2.26 bits per heavy atom. The molecule has 2 heterocycles. The van der Waals surface area contributed by atoms with E-state index in [-0.39, 0.29) is 87.5 Å². The van der Waals surface area contributed by atoms with Crippen LogP contribution in [0.15, 0.2) is 88.9 Å². The van der Waals surface area contributed by atoms with Gasteiger partial charge in [0, 0.05) is 50.9 Å². The van der Waals surface area contributed by atoms with E-state index in [0.717, 1.165) is 25.7 Å². The number of aliphatic hydroxyl groups excluding tert-OH is 1. The fourth-order valence-corrected chi connectivity index (χ4v) is 4.24. The molecule has 0 aliphatic heterocycles. The maximum atomic E-state index is 11.7. The zero-order chi connectivity index (χ0) is 37.5. The number of allylic oxidation sites excluding steroid dienone is 2. The molecule has 5 aromatic rings. The van der Waals surface area contributed by atoms with E-state index in [4.69, 9.17) is 20.9 Å². The first-order valence-corrected chi connectivity index (χ1v) is 12.6. The van der Waals surface area contributed by atoms with Gasteiger partial charge in [0.05, 0.1) is 25.0 Å². The number of carbonyl (C=O) groups is 1. The summed E-state index contributed by atoms with van der Waals surface area (Å²) in [5, 5.41) is 9.02. The number of hydrogen-bond acceptors (Lipinski definition) is 4.